The number of thiazole rings is 1. The Balaban J connectivity index is 1.55. The van der Waals surface area contributed by atoms with Gasteiger partial charge in [0.25, 0.3) is 0 Å². The minimum absolute atomic E-state index is 0.0137. The Morgan fingerprint density at radius 2 is 1.95 bits per heavy atom. The first kappa shape index (κ1) is 26.9. The van der Waals surface area contributed by atoms with Crippen LogP contribution in [0.15, 0.2) is 58.9 Å². The van der Waals surface area contributed by atoms with Crippen LogP contribution in [0.5, 0.6) is 5.75 Å². The zero-order valence-electron chi connectivity index (χ0n) is 19.8. The molecule has 0 bridgehead atoms. The average Bonchev–Trinajstić information content (AvgIpc) is 3.38. The monoisotopic (exact) mass is 548 g/mol. The molecular formula is C26H21FN6O3S2. The predicted octanol–water partition coefficient (Wildman–Crippen LogP) is 5.12. The molecule has 9 nitrogen and oxygen atoms in total. The number of aromatic nitrogens is 2. The summed E-state index contributed by atoms with van der Waals surface area (Å²) in [5, 5.41) is 34.4. The van der Waals surface area contributed by atoms with Crippen molar-refractivity contribution in [2.24, 2.45) is 0 Å². The molecule has 2 aromatic heterocycles. The summed E-state index contributed by atoms with van der Waals surface area (Å²) < 4.78 is 18.6. The van der Waals surface area contributed by atoms with Crippen molar-refractivity contribution in [1.29, 1.82) is 5.26 Å². The second-order valence-electron chi connectivity index (χ2n) is 7.86. The highest BCUT2D eigenvalue weighted by Crippen LogP contribution is 2.42. The van der Waals surface area contributed by atoms with Gasteiger partial charge in [-0.3, -0.25) is 0 Å². The number of benzene rings is 2. The van der Waals surface area contributed by atoms with Crippen LogP contribution in [0.4, 0.5) is 26.7 Å². The van der Waals surface area contributed by atoms with Crippen molar-refractivity contribution in [2.45, 2.75) is 16.9 Å². The van der Waals surface area contributed by atoms with Crippen molar-refractivity contribution in [3.05, 3.63) is 82.4 Å². The van der Waals surface area contributed by atoms with Gasteiger partial charge in [0.15, 0.2) is 5.13 Å². The van der Waals surface area contributed by atoms with E-state index >= 15 is 0 Å². The number of nitrogens with one attached hydrogen (secondary N) is 1. The van der Waals surface area contributed by atoms with Gasteiger partial charge in [0.2, 0.25) is 5.69 Å². The number of aliphatic hydroxyl groups is 2. The molecule has 0 amide bonds. The van der Waals surface area contributed by atoms with Crippen LogP contribution in [0.3, 0.4) is 0 Å². The van der Waals surface area contributed by atoms with Crippen molar-refractivity contribution in [2.75, 3.05) is 24.3 Å². The number of hydrogen-bond donors (Lipinski definition) is 4. The number of thioether (sulfide) groups is 1. The van der Waals surface area contributed by atoms with E-state index in [4.69, 9.17) is 22.1 Å². The minimum atomic E-state index is -0.999. The third-order valence-electron chi connectivity index (χ3n) is 5.19. The van der Waals surface area contributed by atoms with Crippen LogP contribution in [0, 0.1) is 23.7 Å². The number of nitriles is 1. The lowest BCUT2D eigenvalue weighted by Gasteiger charge is -2.14. The van der Waals surface area contributed by atoms with E-state index in [0.717, 1.165) is 5.69 Å². The minimum Gasteiger partial charge on any atom is -0.491 e. The lowest BCUT2D eigenvalue weighted by Crippen LogP contribution is -2.21. The molecule has 2 heterocycles. The van der Waals surface area contributed by atoms with E-state index in [1.807, 2.05) is 5.38 Å². The summed E-state index contributed by atoms with van der Waals surface area (Å²) >= 11 is 2.67. The lowest BCUT2D eigenvalue weighted by molar-refractivity contribution is 0.0536. The maximum absolute atomic E-state index is 13.1. The Hall–Kier alpha value is -4.20. The van der Waals surface area contributed by atoms with Crippen molar-refractivity contribution < 1.29 is 19.3 Å². The zero-order chi connectivity index (χ0) is 27.1. The Bertz CT molecular complexity index is 1500. The maximum Gasteiger partial charge on any atom is 0.236 e. The van der Waals surface area contributed by atoms with Gasteiger partial charge in [-0.2, -0.15) is 5.26 Å². The smallest absolute Gasteiger partial charge is 0.236 e. The van der Waals surface area contributed by atoms with Crippen LogP contribution in [0.25, 0.3) is 16.0 Å². The molecule has 192 valence electrons. The molecule has 4 rings (SSSR count). The number of anilines is 3. The third-order valence-corrected chi connectivity index (χ3v) is 7.00. The molecule has 5 N–H and O–H groups in total. The normalized spacial score (nSPS) is 11.4. The number of hydrogen-bond acceptors (Lipinski definition) is 10. The fourth-order valence-electron chi connectivity index (χ4n) is 3.37. The standard InChI is InChI=1S/C26H21FN6O3S2/c1-30-23-22(15-2-8-20(9-3-15)36-12-19(35)11-34)21(10-28)25(33-24(23)29)37-13-18-14-38-26(32-18)31-17-6-4-16(27)5-7-17/h2-9,14,19,34-35H,11-13H2,(H2,29,33)(H,31,32)/t19-/m1/s1. The number of aliphatic hydroxyl groups excluding tert-OH is 2. The molecule has 0 aliphatic carbocycles. The van der Waals surface area contributed by atoms with Gasteiger partial charge in [-0.15, -0.1) is 11.3 Å². The van der Waals surface area contributed by atoms with E-state index in [9.17, 15) is 14.8 Å². The highest BCUT2D eigenvalue weighted by atomic mass is 32.2. The van der Waals surface area contributed by atoms with E-state index in [1.54, 1.807) is 36.4 Å². The molecule has 0 aliphatic rings. The SMILES string of the molecule is [C-]#[N+]c1c(N)nc(SCc2csc(Nc3ccc(F)cc3)n2)c(C#N)c1-c1ccc(OC[C@H](O)CO)cc1. The van der Waals surface area contributed by atoms with Crippen molar-refractivity contribution in [3.63, 3.8) is 0 Å². The number of halogens is 1. The van der Waals surface area contributed by atoms with Gasteiger partial charge in [-0.05, 0) is 42.0 Å². The Morgan fingerprint density at radius 1 is 1.21 bits per heavy atom. The molecule has 0 unspecified atom stereocenters. The van der Waals surface area contributed by atoms with E-state index in [-0.39, 0.29) is 29.5 Å². The van der Waals surface area contributed by atoms with Crippen LogP contribution >= 0.6 is 23.1 Å². The van der Waals surface area contributed by atoms with Gasteiger partial charge in [0, 0.05) is 22.4 Å². The van der Waals surface area contributed by atoms with Crippen LogP contribution < -0.4 is 15.8 Å². The zero-order valence-corrected chi connectivity index (χ0v) is 21.4. The maximum atomic E-state index is 13.1. The number of nitrogens with zero attached hydrogens (tertiary/aromatic N) is 4. The Morgan fingerprint density at radius 3 is 2.61 bits per heavy atom. The third kappa shape index (κ3) is 6.37. The summed E-state index contributed by atoms with van der Waals surface area (Å²) in [6.07, 6.45) is -0.999. The Kier molecular flexibility index (Phi) is 8.73. The van der Waals surface area contributed by atoms with Gasteiger partial charge in [0.05, 0.1) is 24.4 Å². The highest BCUT2D eigenvalue weighted by Gasteiger charge is 2.21. The first-order valence-corrected chi connectivity index (χ1v) is 13.0. The summed E-state index contributed by atoms with van der Waals surface area (Å²) in [6.45, 7) is 7.12. The van der Waals surface area contributed by atoms with Gasteiger partial charge in [0.1, 0.15) is 41.2 Å². The van der Waals surface area contributed by atoms with Gasteiger partial charge in [-0.25, -0.2) is 19.2 Å². The summed E-state index contributed by atoms with van der Waals surface area (Å²) in [5.41, 5.74) is 8.83. The molecule has 0 aliphatic heterocycles. The summed E-state index contributed by atoms with van der Waals surface area (Å²) in [5.74, 6) is 0.547. The van der Waals surface area contributed by atoms with Crippen LogP contribution in [0.1, 0.15) is 11.3 Å². The van der Waals surface area contributed by atoms with Crippen molar-refractivity contribution >= 4 is 45.4 Å². The number of rotatable bonds is 10. The van der Waals surface area contributed by atoms with Crippen LogP contribution in [-0.4, -0.2) is 39.5 Å². The molecule has 0 saturated heterocycles. The highest BCUT2D eigenvalue weighted by molar-refractivity contribution is 7.98. The molecule has 0 spiro atoms. The number of nitrogens with two attached hydrogens (primary N) is 1. The molecule has 12 heteroatoms. The lowest BCUT2D eigenvalue weighted by atomic mass is 10.00. The molecule has 2 aromatic carbocycles. The molecule has 38 heavy (non-hydrogen) atoms. The van der Waals surface area contributed by atoms with Crippen LogP contribution in [0.2, 0.25) is 0 Å². The molecule has 0 fully saturated rings. The van der Waals surface area contributed by atoms with Gasteiger partial charge < -0.3 is 26.0 Å². The molecule has 1 atom stereocenters. The van der Waals surface area contributed by atoms with Crippen molar-refractivity contribution in [1.82, 2.24) is 9.97 Å². The number of nitrogen functional groups attached to an aromatic ring is 1. The summed E-state index contributed by atoms with van der Waals surface area (Å²) in [4.78, 5) is 12.4. The first-order valence-electron chi connectivity index (χ1n) is 11.1. The van der Waals surface area contributed by atoms with E-state index in [1.165, 1.54) is 35.2 Å². The molecular weight excluding hydrogens is 527 g/mol. The van der Waals surface area contributed by atoms with Gasteiger partial charge in [-0.1, -0.05) is 23.9 Å². The second-order valence-corrected chi connectivity index (χ2v) is 9.68. The first-order chi connectivity index (χ1) is 18.4. The molecule has 4 aromatic rings. The fourth-order valence-corrected chi connectivity index (χ4v) is 5.09. The van der Waals surface area contributed by atoms with E-state index < -0.39 is 12.7 Å². The largest absolute Gasteiger partial charge is 0.491 e. The Labute approximate surface area is 226 Å². The summed E-state index contributed by atoms with van der Waals surface area (Å²) in [7, 11) is 0. The van der Waals surface area contributed by atoms with Gasteiger partial charge >= 0.3 is 0 Å². The van der Waals surface area contributed by atoms with E-state index in [0.29, 0.717) is 38.5 Å². The molecule has 0 saturated carbocycles. The average molecular weight is 549 g/mol. The quantitative estimate of drug-likeness (QED) is 0.157. The molecule has 0 radical (unpaired) electrons. The van der Waals surface area contributed by atoms with Crippen molar-refractivity contribution in [3.8, 4) is 22.9 Å². The second kappa shape index (κ2) is 12.4. The number of pyridine rings is 1. The van der Waals surface area contributed by atoms with E-state index in [2.05, 4.69) is 26.2 Å². The number of ether oxygens (including phenoxy) is 1. The summed E-state index contributed by atoms with van der Waals surface area (Å²) in [6, 6.07) is 14.8. The topological polar surface area (TPSA) is 142 Å². The fraction of sp³-hybridized carbons (Fsp3) is 0.154. The van der Waals surface area contributed by atoms with Crippen LogP contribution in [-0.2, 0) is 5.75 Å². The predicted molar refractivity (Wildman–Crippen MR) is 145 cm³/mol.